The molecule has 0 radical (unpaired) electrons. The minimum atomic E-state index is 0.292. The molecule has 0 amide bonds. The molecule has 0 saturated carbocycles. The van der Waals surface area contributed by atoms with Gasteiger partial charge in [-0.15, -0.1) is 11.8 Å². The minimum Gasteiger partial charge on any atom is -0.309 e. The van der Waals surface area contributed by atoms with E-state index in [0.717, 1.165) is 24.3 Å². The first kappa shape index (κ1) is 15.0. The van der Waals surface area contributed by atoms with Gasteiger partial charge >= 0.3 is 0 Å². The lowest BCUT2D eigenvalue weighted by molar-refractivity contribution is 0.574. The fourth-order valence-corrected chi connectivity index (χ4v) is 3.10. The molecule has 0 aliphatic carbocycles. The van der Waals surface area contributed by atoms with E-state index < -0.39 is 0 Å². The van der Waals surface area contributed by atoms with Gasteiger partial charge in [0.15, 0.2) is 0 Å². The average Bonchev–Trinajstić information content (AvgIpc) is 2.50. The van der Waals surface area contributed by atoms with Crippen LogP contribution < -0.4 is 5.32 Å². The molecule has 2 aromatic rings. The van der Waals surface area contributed by atoms with Crippen LogP contribution >= 0.6 is 11.8 Å². The maximum absolute atomic E-state index is 4.13. The largest absolute Gasteiger partial charge is 0.309 e. The van der Waals surface area contributed by atoms with Crippen molar-refractivity contribution in [1.29, 1.82) is 0 Å². The van der Waals surface area contributed by atoms with Crippen molar-refractivity contribution < 1.29 is 0 Å². The fraction of sp³-hybridized carbons (Fsp3) is 0.375. The Hall–Kier alpha value is -1.39. The smallest absolute Gasteiger partial charge is 0.115 e. The van der Waals surface area contributed by atoms with Gasteiger partial charge in [0.2, 0.25) is 0 Å². The summed E-state index contributed by atoms with van der Waals surface area (Å²) in [5, 5.41) is 3.57. The first-order valence-electron chi connectivity index (χ1n) is 6.98. The molecule has 1 heterocycles. The second-order valence-electron chi connectivity index (χ2n) is 4.76. The topological polar surface area (TPSA) is 37.8 Å². The highest BCUT2D eigenvalue weighted by Crippen LogP contribution is 2.26. The zero-order chi connectivity index (χ0) is 14.2. The van der Waals surface area contributed by atoms with Crippen molar-refractivity contribution in [2.24, 2.45) is 0 Å². The summed E-state index contributed by atoms with van der Waals surface area (Å²) in [5.41, 5.74) is 2.48. The highest BCUT2D eigenvalue weighted by Gasteiger charge is 2.12. The number of rotatable bonds is 7. The van der Waals surface area contributed by atoms with Crippen LogP contribution in [0.3, 0.4) is 0 Å². The van der Waals surface area contributed by atoms with E-state index in [2.05, 4.69) is 53.4 Å². The molecule has 1 N–H and O–H groups in total. The van der Waals surface area contributed by atoms with Crippen molar-refractivity contribution in [2.75, 3.05) is 12.3 Å². The number of hydrogen-bond acceptors (Lipinski definition) is 4. The van der Waals surface area contributed by atoms with Crippen LogP contribution in [-0.4, -0.2) is 22.3 Å². The van der Waals surface area contributed by atoms with Gasteiger partial charge in [-0.2, -0.15) is 0 Å². The van der Waals surface area contributed by atoms with Gasteiger partial charge in [0, 0.05) is 34.6 Å². The van der Waals surface area contributed by atoms with Gasteiger partial charge in [-0.1, -0.05) is 25.1 Å². The summed E-state index contributed by atoms with van der Waals surface area (Å²) in [6, 6.07) is 8.80. The molecule has 1 atom stereocenters. The number of nitrogens with one attached hydrogen (secondary N) is 1. The third-order valence-corrected chi connectivity index (χ3v) is 4.39. The van der Waals surface area contributed by atoms with E-state index in [1.54, 1.807) is 6.33 Å². The third kappa shape index (κ3) is 4.32. The highest BCUT2D eigenvalue weighted by molar-refractivity contribution is 7.99. The number of nitrogens with zero attached hydrogens (tertiary/aromatic N) is 2. The molecule has 4 heteroatoms. The molecular formula is C16H21N3S. The summed E-state index contributed by atoms with van der Waals surface area (Å²) in [6.07, 6.45) is 6.51. The van der Waals surface area contributed by atoms with Gasteiger partial charge < -0.3 is 5.32 Å². The van der Waals surface area contributed by atoms with Gasteiger partial charge in [-0.3, -0.25) is 0 Å². The quantitative estimate of drug-likeness (QED) is 0.789. The maximum atomic E-state index is 4.13. The van der Waals surface area contributed by atoms with Crippen molar-refractivity contribution >= 4 is 11.8 Å². The van der Waals surface area contributed by atoms with E-state index >= 15 is 0 Å². The number of aromatic nitrogens is 2. The fourth-order valence-electron chi connectivity index (χ4n) is 1.97. The van der Waals surface area contributed by atoms with Crippen LogP contribution in [0.25, 0.3) is 0 Å². The van der Waals surface area contributed by atoms with Crippen LogP contribution in [0.4, 0.5) is 0 Å². The van der Waals surface area contributed by atoms with E-state index in [0.29, 0.717) is 6.04 Å². The van der Waals surface area contributed by atoms with Crippen LogP contribution in [0.15, 0.2) is 47.9 Å². The maximum Gasteiger partial charge on any atom is 0.115 e. The van der Waals surface area contributed by atoms with Crippen LogP contribution in [0.1, 0.15) is 30.5 Å². The molecule has 1 aromatic heterocycles. The Labute approximate surface area is 125 Å². The number of aryl methyl sites for hydroxylation is 1. The SMILES string of the molecule is CCCNC(CSc1ccccc1C)c1cncnc1. The predicted octanol–water partition coefficient (Wildman–Crippen LogP) is 3.62. The van der Waals surface area contributed by atoms with Crippen LogP contribution in [0.5, 0.6) is 0 Å². The van der Waals surface area contributed by atoms with E-state index in [4.69, 9.17) is 0 Å². The van der Waals surface area contributed by atoms with E-state index in [-0.39, 0.29) is 0 Å². The number of thioether (sulfide) groups is 1. The number of hydrogen-bond donors (Lipinski definition) is 1. The normalized spacial score (nSPS) is 12.3. The lowest BCUT2D eigenvalue weighted by atomic mass is 10.2. The highest BCUT2D eigenvalue weighted by atomic mass is 32.2. The van der Waals surface area contributed by atoms with Crippen molar-refractivity contribution in [3.63, 3.8) is 0 Å². The summed E-state index contributed by atoms with van der Waals surface area (Å²) >= 11 is 1.88. The molecule has 20 heavy (non-hydrogen) atoms. The summed E-state index contributed by atoms with van der Waals surface area (Å²) < 4.78 is 0. The molecule has 0 aliphatic heterocycles. The Bertz CT molecular complexity index is 516. The molecule has 0 spiro atoms. The second kappa shape index (κ2) is 8.02. The average molecular weight is 287 g/mol. The Balaban J connectivity index is 2.03. The minimum absolute atomic E-state index is 0.292. The molecule has 2 rings (SSSR count). The molecule has 3 nitrogen and oxygen atoms in total. The Morgan fingerprint density at radius 2 is 1.95 bits per heavy atom. The molecule has 0 saturated heterocycles. The zero-order valence-electron chi connectivity index (χ0n) is 12.0. The van der Waals surface area contributed by atoms with Gasteiger partial charge in [0.1, 0.15) is 6.33 Å². The van der Waals surface area contributed by atoms with E-state index in [1.807, 2.05) is 24.2 Å². The summed E-state index contributed by atoms with van der Waals surface area (Å²) in [7, 11) is 0. The molecule has 1 aromatic carbocycles. The van der Waals surface area contributed by atoms with Crippen LogP contribution in [-0.2, 0) is 0 Å². The van der Waals surface area contributed by atoms with Crippen molar-refractivity contribution in [1.82, 2.24) is 15.3 Å². The van der Waals surface area contributed by atoms with Gasteiger partial charge in [0.05, 0.1) is 0 Å². The monoisotopic (exact) mass is 287 g/mol. The predicted molar refractivity (Wildman–Crippen MR) is 85.0 cm³/mol. The second-order valence-corrected chi connectivity index (χ2v) is 5.82. The lowest BCUT2D eigenvalue weighted by Crippen LogP contribution is -2.24. The molecule has 0 aliphatic rings. The van der Waals surface area contributed by atoms with E-state index in [9.17, 15) is 0 Å². The Kier molecular flexibility index (Phi) is 6.02. The Morgan fingerprint density at radius 1 is 1.20 bits per heavy atom. The first-order chi connectivity index (χ1) is 9.81. The number of benzene rings is 1. The summed E-state index contributed by atoms with van der Waals surface area (Å²) in [4.78, 5) is 9.59. The van der Waals surface area contributed by atoms with Gasteiger partial charge in [-0.25, -0.2) is 9.97 Å². The zero-order valence-corrected chi connectivity index (χ0v) is 12.9. The van der Waals surface area contributed by atoms with Crippen LogP contribution in [0.2, 0.25) is 0 Å². The summed E-state index contributed by atoms with van der Waals surface area (Å²) in [5.74, 6) is 0.984. The molecular weight excluding hydrogens is 266 g/mol. The molecule has 0 bridgehead atoms. The molecule has 1 unspecified atom stereocenters. The van der Waals surface area contributed by atoms with Crippen molar-refractivity contribution in [3.05, 3.63) is 54.1 Å². The lowest BCUT2D eigenvalue weighted by Gasteiger charge is -2.18. The molecule has 0 fully saturated rings. The summed E-state index contributed by atoms with van der Waals surface area (Å²) in [6.45, 7) is 5.34. The molecule has 106 valence electrons. The van der Waals surface area contributed by atoms with E-state index in [1.165, 1.54) is 10.5 Å². The first-order valence-corrected chi connectivity index (χ1v) is 7.96. The van der Waals surface area contributed by atoms with Gasteiger partial charge in [0.25, 0.3) is 0 Å². The third-order valence-electron chi connectivity index (χ3n) is 3.12. The standard InChI is InChI=1S/C16H21N3S/c1-3-8-19-15(14-9-17-12-18-10-14)11-20-16-7-5-4-6-13(16)2/h4-7,9-10,12,15,19H,3,8,11H2,1-2H3. The van der Waals surface area contributed by atoms with Crippen molar-refractivity contribution in [3.8, 4) is 0 Å². The van der Waals surface area contributed by atoms with Crippen molar-refractivity contribution in [2.45, 2.75) is 31.2 Å². The van der Waals surface area contributed by atoms with Crippen LogP contribution in [0, 0.1) is 6.92 Å². The van der Waals surface area contributed by atoms with Gasteiger partial charge in [-0.05, 0) is 31.5 Å². The Morgan fingerprint density at radius 3 is 2.65 bits per heavy atom.